The number of nitrogens with zero attached hydrogens (tertiary/aromatic N) is 3. The molecule has 0 radical (unpaired) electrons. The Bertz CT molecular complexity index is 1270. The Morgan fingerprint density at radius 2 is 1.81 bits per heavy atom. The molecule has 1 N–H and O–H groups in total. The van der Waals surface area contributed by atoms with Crippen LogP contribution in [0, 0.1) is 11.3 Å². The average Bonchev–Trinajstić information content (AvgIpc) is 3.34. The van der Waals surface area contributed by atoms with Crippen LogP contribution in [0.3, 0.4) is 0 Å². The van der Waals surface area contributed by atoms with E-state index in [0.29, 0.717) is 31.8 Å². The number of benzene rings is 1. The molecule has 0 saturated carbocycles. The molecule has 0 aliphatic rings. The van der Waals surface area contributed by atoms with Crippen molar-refractivity contribution in [3.8, 4) is 16.6 Å². The van der Waals surface area contributed by atoms with E-state index in [-0.39, 0.29) is 31.7 Å². The van der Waals surface area contributed by atoms with Gasteiger partial charge in [-0.3, -0.25) is 4.79 Å². The summed E-state index contributed by atoms with van der Waals surface area (Å²) in [6.45, 7) is -0.262. The van der Waals surface area contributed by atoms with Gasteiger partial charge in [-0.05, 0) is 17.7 Å². The van der Waals surface area contributed by atoms with Crippen molar-refractivity contribution in [1.82, 2.24) is 9.97 Å². The van der Waals surface area contributed by atoms with Gasteiger partial charge >= 0.3 is 5.51 Å². The third-order valence-electron chi connectivity index (χ3n) is 4.20. The first-order chi connectivity index (χ1) is 15.0. The van der Waals surface area contributed by atoms with Crippen molar-refractivity contribution in [3.63, 3.8) is 0 Å². The highest BCUT2D eigenvalue weighted by molar-refractivity contribution is 7.92. The summed E-state index contributed by atoms with van der Waals surface area (Å²) in [4.78, 5) is 20.7. The maximum absolute atomic E-state index is 12.6. The summed E-state index contributed by atoms with van der Waals surface area (Å²) >= 11 is 2.44. The summed E-state index contributed by atoms with van der Waals surface area (Å²) in [6, 6.07) is 6.00. The number of hydrogen-bond donors (Lipinski definition) is 1. The monoisotopic (exact) mass is 501 g/mol. The quantitative estimate of drug-likeness (QED) is 0.502. The van der Waals surface area contributed by atoms with Crippen molar-refractivity contribution in [2.45, 2.75) is 36.3 Å². The number of sulfone groups is 1. The maximum Gasteiger partial charge on any atom is 0.501 e. The van der Waals surface area contributed by atoms with E-state index in [9.17, 15) is 31.5 Å². The van der Waals surface area contributed by atoms with Crippen molar-refractivity contribution in [3.05, 3.63) is 50.9 Å². The van der Waals surface area contributed by atoms with Gasteiger partial charge in [0.25, 0.3) is 9.84 Å². The number of alkyl halides is 3. The van der Waals surface area contributed by atoms with Crippen molar-refractivity contribution >= 4 is 38.3 Å². The topological polar surface area (TPSA) is 121 Å². The van der Waals surface area contributed by atoms with E-state index >= 15 is 0 Å². The molecule has 13 heteroatoms. The smallest absolute Gasteiger partial charge is 0.389 e. The molecule has 32 heavy (non-hydrogen) atoms. The van der Waals surface area contributed by atoms with Gasteiger partial charge < -0.3 is 5.11 Å². The van der Waals surface area contributed by atoms with Crippen LogP contribution >= 0.6 is 22.7 Å². The fourth-order valence-electron chi connectivity index (χ4n) is 2.74. The molecule has 3 rings (SSSR count). The molecule has 0 fully saturated rings. The lowest BCUT2D eigenvalue weighted by molar-refractivity contribution is -0.117. The summed E-state index contributed by atoms with van der Waals surface area (Å²) in [5.74, 6) is -0.255. The number of hydrogen-bond acceptors (Lipinski definition) is 9. The van der Waals surface area contributed by atoms with Gasteiger partial charge in [-0.15, -0.1) is 22.7 Å². The van der Waals surface area contributed by atoms with Crippen molar-refractivity contribution in [2.24, 2.45) is 0 Å². The molecular weight excluding hydrogens is 487 g/mol. The molecule has 0 bridgehead atoms. The van der Waals surface area contributed by atoms with Gasteiger partial charge in [0.05, 0.1) is 46.7 Å². The summed E-state index contributed by atoms with van der Waals surface area (Å²) in [7, 11) is -5.44. The Morgan fingerprint density at radius 1 is 1.12 bits per heavy atom. The highest BCUT2D eigenvalue weighted by atomic mass is 32.2. The van der Waals surface area contributed by atoms with Gasteiger partial charge in [0.2, 0.25) is 0 Å². The van der Waals surface area contributed by atoms with Crippen LogP contribution in [0.4, 0.5) is 13.2 Å². The molecule has 3 aromatic rings. The standard InChI is InChI=1S/C19H14F3N3O4S3/c20-19(21,22)32(28,29)13-3-1-11(2-4-13)7-12(27)8-16-25-15(10-30-16)18-14(5-6-23)24-17(9-26)31-18/h1-4,10,26H,5,7-9H2. The predicted molar refractivity (Wildman–Crippen MR) is 111 cm³/mol. The predicted octanol–water partition coefficient (Wildman–Crippen LogP) is 3.47. The van der Waals surface area contributed by atoms with E-state index < -0.39 is 20.2 Å². The zero-order chi connectivity index (χ0) is 23.5. The number of thiazole rings is 2. The molecule has 0 saturated heterocycles. The van der Waals surface area contributed by atoms with Crippen LogP contribution < -0.4 is 0 Å². The number of carbonyl (C=O) groups excluding carboxylic acids is 1. The summed E-state index contributed by atoms with van der Waals surface area (Å²) < 4.78 is 60.6. The first-order valence-electron chi connectivity index (χ1n) is 8.88. The minimum atomic E-state index is -5.44. The molecular formula is C19H14F3N3O4S3. The second-order valence-corrected chi connectivity index (χ2v) is 10.5. The lowest BCUT2D eigenvalue weighted by atomic mass is 10.1. The number of aliphatic hydroxyl groups is 1. The molecule has 0 aliphatic heterocycles. The zero-order valence-corrected chi connectivity index (χ0v) is 18.5. The second kappa shape index (κ2) is 9.45. The van der Waals surface area contributed by atoms with Crippen molar-refractivity contribution in [1.29, 1.82) is 5.26 Å². The number of rotatable bonds is 8. The van der Waals surface area contributed by atoms with Crippen molar-refractivity contribution < 1.29 is 31.5 Å². The van der Waals surface area contributed by atoms with E-state index in [1.54, 1.807) is 5.38 Å². The van der Waals surface area contributed by atoms with Crippen LogP contribution in [0.15, 0.2) is 34.5 Å². The number of ketones is 1. The number of nitriles is 1. The first kappa shape index (κ1) is 24.0. The highest BCUT2D eigenvalue weighted by Gasteiger charge is 2.46. The fourth-order valence-corrected chi connectivity index (χ4v) is 5.29. The van der Waals surface area contributed by atoms with E-state index in [1.807, 2.05) is 6.07 Å². The molecule has 168 valence electrons. The zero-order valence-electron chi connectivity index (χ0n) is 16.1. The van der Waals surface area contributed by atoms with Gasteiger partial charge in [0.1, 0.15) is 15.8 Å². The molecule has 2 heterocycles. The number of aromatic nitrogens is 2. The van der Waals surface area contributed by atoms with E-state index in [0.717, 1.165) is 12.1 Å². The SMILES string of the molecule is N#CCc1nc(CO)sc1-c1csc(CC(=O)Cc2ccc(S(=O)(=O)C(F)(F)F)cc2)n1. The van der Waals surface area contributed by atoms with E-state index in [1.165, 1.54) is 34.8 Å². The molecule has 0 atom stereocenters. The third-order valence-corrected chi connectivity index (χ3v) is 7.65. The lowest BCUT2D eigenvalue weighted by Crippen LogP contribution is -2.23. The van der Waals surface area contributed by atoms with Crippen molar-refractivity contribution in [2.75, 3.05) is 0 Å². The Kier molecular flexibility index (Phi) is 7.09. The molecule has 0 spiro atoms. The second-order valence-electron chi connectivity index (χ2n) is 6.49. The Morgan fingerprint density at radius 3 is 2.41 bits per heavy atom. The van der Waals surface area contributed by atoms with Crippen LogP contribution in [0.25, 0.3) is 10.6 Å². The van der Waals surface area contributed by atoms with E-state index in [4.69, 9.17) is 5.26 Å². The molecule has 7 nitrogen and oxygen atoms in total. The molecule has 2 aromatic heterocycles. The Labute approximate surface area is 188 Å². The highest BCUT2D eigenvalue weighted by Crippen LogP contribution is 2.32. The number of Topliss-reactive ketones (excluding diaryl/α,β-unsaturated/α-hetero) is 1. The Hall–Kier alpha value is -2.66. The number of carbonyl (C=O) groups is 1. The van der Waals surface area contributed by atoms with Gasteiger partial charge in [0, 0.05) is 11.8 Å². The Balaban J connectivity index is 1.69. The van der Waals surface area contributed by atoms with Crippen LogP contribution in [-0.2, 0) is 40.5 Å². The fraction of sp³-hybridized carbons (Fsp3) is 0.263. The molecule has 0 aliphatic carbocycles. The number of halogens is 3. The minimum absolute atomic E-state index is 0.0213. The average molecular weight is 502 g/mol. The van der Waals surface area contributed by atoms with Gasteiger partial charge in [-0.25, -0.2) is 18.4 Å². The van der Waals surface area contributed by atoms with Gasteiger partial charge in [-0.1, -0.05) is 12.1 Å². The van der Waals surface area contributed by atoms with Crippen LogP contribution in [0.1, 0.15) is 21.3 Å². The van der Waals surface area contributed by atoms with Crippen LogP contribution in [0.2, 0.25) is 0 Å². The maximum atomic E-state index is 12.6. The third kappa shape index (κ3) is 5.21. The first-order valence-corrected chi connectivity index (χ1v) is 12.1. The van der Waals surface area contributed by atoms with Crippen LogP contribution in [0.5, 0.6) is 0 Å². The molecule has 1 aromatic carbocycles. The largest absolute Gasteiger partial charge is 0.501 e. The van der Waals surface area contributed by atoms with Crippen LogP contribution in [-0.4, -0.2) is 34.8 Å². The summed E-state index contributed by atoms with van der Waals surface area (Å²) in [6.07, 6.45) is -0.0691. The van der Waals surface area contributed by atoms with Gasteiger partial charge in [0.15, 0.2) is 0 Å². The molecule has 0 unspecified atom stereocenters. The lowest BCUT2D eigenvalue weighted by Gasteiger charge is -2.08. The summed E-state index contributed by atoms with van der Waals surface area (Å²) in [5, 5.41) is 20.9. The van der Waals surface area contributed by atoms with E-state index in [2.05, 4.69) is 9.97 Å². The summed E-state index contributed by atoms with van der Waals surface area (Å²) in [5.41, 5.74) is -3.98. The number of aliphatic hydroxyl groups excluding tert-OH is 1. The molecule has 0 amide bonds. The normalized spacial score (nSPS) is 12.0. The van der Waals surface area contributed by atoms with Gasteiger partial charge in [-0.2, -0.15) is 18.4 Å². The minimum Gasteiger partial charge on any atom is -0.389 e.